The summed E-state index contributed by atoms with van der Waals surface area (Å²) in [4.78, 5) is 49.7. The van der Waals surface area contributed by atoms with Gasteiger partial charge in [-0.2, -0.15) is 0 Å². The number of rotatable bonds is 8. The van der Waals surface area contributed by atoms with Gasteiger partial charge in [0.15, 0.2) is 5.82 Å². The lowest BCUT2D eigenvalue weighted by Gasteiger charge is -2.41. The highest BCUT2D eigenvalue weighted by Gasteiger charge is 2.46. The molecule has 0 unspecified atom stereocenters. The molecular weight excluding hydrogens is 814 g/mol. The number of anilines is 3. The molecule has 4 N–H and O–H groups in total. The van der Waals surface area contributed by atoms with Crippen molar-refractivity contribution in [3.8, 4) is 17.0 Å². The van der Waals surface area contributed by atoms with Gasteiger partial charge in [-0.3, -0.25) is 19.8 Å². The number of hydrogen-bond acceptors (Lipinski definition) is 10. The van der Waals surface area contributed by atoms with Crippen LogP contribution in [0.2, 0.25) is 0 Å². The Morgan fingerprint density at radius 3 is 2.41 bits per heavy atom. The SMILES string of the molecule is Cc1cc(C(=O)N2CCC(F)(CN3CCC(n4cc(C)c5cc(N6CCC(=O)NC6=O)cnc54)CC3)CC2)ccc1[C@@H]1CN(c2cc(-c3ccccc3O)nnc2N)CCC1(F)F. The zero-order valence-corrected chi connectivity index (χ0v) is 35.4. The van der Waals surface area contributed by atoms with Crippen molar-refractivity contribution in [2.75, 3.05) is 67.9 Å². The third-order valence-electron chi connectivity index (χ3n) is 13.5. The highest BCUT2D eigenvalue weighted by Crippen LogP contribution is 2.44. The number of phenols is 1. The number of fused-ring (bicyclic) bond motifs is 1. The number of carbonyl (C=O) groups excluding carboxylic acids is 3. The number of nitrogens with two attached hydrogens (primary N) is 1. The Hall–Kier alpha value is -6.23. The van der Waals surface area contributed by atoms with Gasteiger partial charge < -0.3 is 30.1 Å². The monoisotopic (exact) mass is 864 g/mol. The predicted molar refractivity (Wildman–Crippen MR) is 233 cm³/mol. The van der Waals surface area contributed by atoms with Crippen molar-refractivity contribution in [3.63, 3.8) is 0 Å². The lowest BCUT2D eigenvalue weighted by molar-refractivity contribution is -0.120. The maximum atomic E-state index is 16.4. The number of imide groups is 1. The van der Waals surface area contributed by atoms with E-state index in [4.69, 9.17) is 10.7 Å². The molecule has 5 aromatic rings. The average molecular weight is 865 g/mol. The quantitative estimate of drug-likeness (QED) is 0.152. The summed E-state index contributed by atoms with van der Waals surface area (Å²) in [5.41, 5.74) is 9.93. The number of carbonyl (C=O) groups is 3. The van der Waals surface area contributed by atoms with Crippen molar-refractivity contribution < 1.29 is 32.7 Å². The van der Waals surface area contributed by atoms with Gasteiger partial charge in [0.1, 0.15) is 17.1 Å². The van der Waals surface area contributed by atoms with Gasteiger partial charge in [0.05, 0.1) is 29.2 Å². The van der Waals surface area contributed by atoms with Gasteiger partial charge >= 0.3 is 6.03 Å². The zero-order valence-electron chi connectivity index (χ0n) is 35.4. The highest BCUT2D eigenvalue weighted by atomic mass is 19.3. The topological polar surface area (TPSA) is 166 Å². The van der Waals surface area contributed by atoms with Crippen LogP contribution in [0.1, 0.15) is 77.5 Å². The van der Waals surface area contributed by atoms with Gasteiger partial charge in [-0.1, -0.05) is 18.2 Å². The number of alkyl halides is 3. The number of nitrogens with zero attached hydrogens (tertiary/aromatic N) is 8. The molecule has 0 saturated carbocycles. The lowest BCUT2D eigenvalue weighted by atomic mass is 9.84. The molecule has 9 rings (SSSR count). The van der Waals surface area contributed by atoms with E-state index in [-0.39, 0.29) is 81.4 Å². The van der Waals surface area contributed by atoms with E-state index in [1.54, 1.807) is 65.4 Å². The van der Waals surface area contributed by atoms with Crippen molar-refractivity contribution in [2.24, 2.45) is 0 Å². The molecule has 0 bridgehead atoms. The predicted octanol–water partition coefficient (Wildman–Crippen LogP) is 6.75. The Labute approximate surface area is 362 Å². The van der Waals surface area contributed by atoms with Gasteiger partial charge in [0, 0.05) is 107 Å². The Morgan fingerprint density at radius 1 is 0.921 bits per heavy atom. The van der Waals surface area contributed by atoms with E-state index >= 15 is 13.2 Å². The molecular formula is C46H51F3N10O4. The second-order valence-electron chi connectivity index (χ2n) is 17.6. The van der Waals surface area contributed by atoms with Crippen LogP contribution >= 0.6 is 0 Å². The lowest BCUT2D eigenvalue weighted by Crippen LogP contribution is -2.51. The van der Waals surface area contributed by atoms with Gasteiger partial charge in [0.25, 0.3) is 11.8 Å². The summed E-state index contributed by atoms with van der Waals surface area (Å²) < 4.78 is 50.0. The number of aromatic hydroxyl groups is 1. The van der Waals surface area contributed by atoms with Gasteiger partial charge in [0.2, 0.25) is 5.91 Å². The van der Waals surface area contributed by atoms with Crippen LogP contribution < -0.4 is 20.9 Å². The number of likely N-dealkylation sites (tertiary alicyclic amines) is 2. The molecule has 4 saturated heterocycles. The molecule has 4 fully saturated rings. The number of pyridine rings is 1. The van der Waals surface area contributed by atoms with Crippen LogP contribution in [-0.2, 0) is 4.79 Å². The largest absolute Gasteiger partial charge is 0.507 e. The fraction of sp³-hybridized carbons (Fsp3) is 0.435. The number of hydrogen-bond donors (Lipinski definition) is 3. The minimum Gasteiger partial charge on any atom is -0.507 e. The Bertz CT molecular complexity index is 2590. The van der Waals surface area contributed by atoms with Gasteiger partial charge in [-0.15, -0.1) is 10.2 Å². The first-order valence-corrected chi connectivity index (χ1v) is 21.6. The highest BCUT2D eigenvalue weighted by molar-refractivity contribution is 6.06. The van der Waals surface area contributed by atoms with Crippen LogP contribution in [0, 0.1) is 13.8 Å². The van der Waals surface area contributed by atoms with Gasteiger partial charge in [-0.05, 0) is 79.8 Å². The minimum absolute atomic E-state index is 0.0129. The van der Waals surface area contributed by atoms with Crippen molar-refractivity contribution in [1.29, 1.82) is 0 Å². The fourth-order valence-electron chi connectivity index (χ4n) is 9.84. The number of amides is 4. The second kappa shape index (κ2) is 16.5. The molecule has 4 aliphatic rings. The van der Waals surface area contributed by atoms with Crippen LogP contribution in [0.25, 0.3) is 22.3 Å². The number of nitrogen functional groups attached to an aromatic ring is 1. The first-order valence-electron chi connectivity index (χ1n) is 21.6. The van der Waals surface area contributed by atoms with Gasteiger partial charge in [-0.25, -0.2) is 22.9 Å². The third kappa shape index (κ3) is 8.25. The first kappa shape index (κ1) is 42.1. The smallest absolute Gasteiger partial charge is 0.328 e. The summed E-state index contributed by atoms with van der Waals surface area (Å²) in [6.07, 6.45) is 5.62. The van der Waals surface area contributed by atoms with Crippen molar-refractivity contribution >= 4 is 46.1 Å². The molecule has 0 aliphatic carbocycles. The summed E-state index contributed by atoms with van der Waals surface area (Å²) >= 11 is 0. The summed E-state index contributed by atoms with van der Waals surface area (Å²) in [5, 5.41) is 21.9. The Morgan fingerprint density at radius 2 is 1.68 bits per heavy atom. The average Bonchev–Trinajstić information content (AvgIpc) is 3.59. The fourth-order valence-corrected chi connectivity index (χ4v) is 9.84. The summed E-state index contributed by atoms with van der Waals surface area (Å²) in [6.45, 7) is 6.27. The zero-order chi connectivity index (χ0) is 44.2. The molecule has 3 aromatic heterocycles. The Kier molecular flexibility index (Phi) is 11.0. The normalized spacial score (nSPS) is 20.9. The molecule has 0 spiro atoms. The molecule has 1 atom stereocenters. The van der Waals surface area contributed by atoms with E-state index in [0.717, 1.165) is 29.4 Å². The summed E-state index contributed by atoms with van der Waals surface area (Å²) in [7, 11) is 0. The number of benzene rings is 2. The molecule has 4 aliphatic heterocycles. The van der Waals surface area contributed by atoms with Crippen molar-refractivity contribution in [1.82, 2.24) is 34.9 Å². The van der Waals surface area contributed by atoms with Crippen LogP contribution in [-0.4, -0.2) is 116 Å². The number of para-hydroxylation sites is 1. The maximum absolute atomic E-state index is 16.4. The number of piperidine rings is 3. The molecule has 14 nitrogen and oxygen atoms in total. The number of phenolic OH excluding ortho intramolecular Hbond substituents is 1. The van der Waals surface area contributed by atoms with E-state index in [9.17, 15) is 19.5 Å². The number of aryl methyl sites for hydroxylation is 2. The standard InChI is InChI=1S/C46H51F3N10O4/c1-28-21-30(7-8-33(28)36-26-57(20-14-46(36,48)49)38-23-37(53-54-41(38)50)34-5-3-4-6-39(34)60)43(62)56-18-12-45(47,13-19-56)27-55-15-9-31(10-16-55)59-25-29(2)35-22-32(24-51-42(35)59)58-17-11-40(61)52-44(58)63/h3-8,21-25,31,36,60H,9-20,26-27H2,1-2H3,(H2,50,54)(H,52,61,63)/t36-/m0/s1. The molecule has 63 heavy (non-hydrogen) atoms. The Balaban J connectivity index is 0.801. The van der Waals surface area contributed by atoms with Crippen LogP contribution in [0.15, 0.2) is 67.0 Å². The third-order valence-corrected chi connectivity index (χ3v) is 13.5. The molecule has 0 radical (unpaired) electrons. The van der Waals surface area contributed by atoms with E-state index in [2.05, 4.69) is 31.2 Å². The number of aromatic nitrogens is 4. The van der Waals surface area contributed by atoms with Crippen molar-refractivity contribution in [3.05, 3.63) is 89.2 Å². The van der Waals surface area contributed by atoms with Crippen LogP contribution in [0.3, 0.4) is 0 Å². The number of nitrogens with one attached hydrogen (secondary N) is 1. The van der Waals surface area contributed by atoms with E-state index < -0.39 is 30.0 Å². The van der Waals surface area contributed by atoms with Crippen LogP contribution in [0.4, 0.5) is 35.2 Å². The molecule has 7 heterocycles. The van der Waals surface area contributed by atoms with Crippen LogP contribution in [0.5, 0.6) is 5.75 Å². The molecule has 4 amide bonds. The second-order valence-corrected chi connectivity index (χ2v) is 17.6. The summed E-state index contributed by atoms with van der Waals surface area (Å²) in [6, 6.07) is 14.9. The molecule has 2 aromatic carbocycles. The summed E-state index contributed by atoms with van der Waals surface area (Å²) in [5.74, 6) is -4.64. The molecule has 330 valence electrons. The van der Waals surface area contributed by atoms with E-state index in [0.29, 0.717) is 59.0 Å². The van der Waals surface area contributed by atoms with E-state index in [1.807, 2.05) is 13.0 Å². The minimum atomic E-state index is -3.02. The molecule has 17 heteroatoms. The number of urea groups is 1. The maximum Gasteiger partial charge on any atom is 0.328 e. The van der Waals surface area contributed by atoms with E-state index in [1.165, 1.54) is 11.0 Å². The first-order chi connectivity index (χ1) is 30.2. The van der Waals surface area contributed by atoms with Crippen molar-refractivity contribution in [2.45, 2.75) is 75.9 Å². The number of halogens is 3.